The first-order valence-electron chi connectivity index (χ1n) is 8.69. The van der Waals surface area contributed by atoms with Crippen molar-refractivity contribution in [2.45, 2.75) is 19.5 Å². The first-order valence-corrected chi connectivity index (χ1v) is 9.48. The summed E-state index contributed by atoms with van der Waals surface area (Å²) in [5.74, 6) is -0.108. The molecule has 28 heavy (non-hydrogen) atoms. The van der Waals surface area contributed by atoms with Crippen molar-refractivity contribution < 1.29 is 14.0 Å². The molecule has 1 aliphatic rings. The second-order valence-electron chi connectivity index (χ2n) is 6.42. The fourth-order valence-corrected chi connectivity index (χ4v) is 3.42. The lowest BCUT2D eigenvalue weighted by Gasteiger charge is -2.27. The Kier molecular flexibility index (Phi) is 4.95. The molecule has 4 rings (SSSR count). The number of hydrogen-bond acceptors (Lipinski definition) is 3. The maximum atomic E-state index is 13.9. The third-order valence-corrected chi connectivity index (χ3v) is 5.04. The zero-order valence-corrected chi connectivity index (χ0v) is 16.3. The number of aryl methyl sites for hydroxylation is 1. The summed E-state index contributed by atoms with van der Waals surface area (Å²) in [5, 5.41) is 6.77. The number of benzene rings is 2. The normalized spacial score (nSPS) is 13.4. The van der Waals surface area contributed by atoms with Crippen LogP contribution in [0.4, 0.5) is 15.9 Å². The van der Waals surface area contributed by atoms with Crippen molar-refractivity contribution in [1.29, 1.82) is 0 Å². The van der Waals surface area contributed by atoms with E-state index in [9.17, 15) is 14.0 Å². The summed E-state index contributed by atoms with van der Waals surface area (Å²) in [5.41, 5.74) is 1.40. The molecule has 2 amide bonds. The number of hydrogen-bond donors (Lipinski definition) is 1. The van der Waals surface area contributed by atoms with Gasteiger partial charge in [0.2, 0.25) is 5.91 Å². The molecule has 3 aromatic rings. The molecule has 0 aliphatic carbocycles. The lowest BCUT2D eigenvalue weighted by atomic mass is 10.1. The van der Waals surface area contributed by atoms with Crippen LogP contribution in [0, 0.1) is 5.82 Å². The summed E-state index contributed by atoms with van der Waals surface area (Å²) in [6.45, 7) is 0.983. The highest BCUT2D eigenvalue weighted by Crippen LogP contribution is 2.23. The van der Waals surface area contributed by atoms with Crippen LogP contribution in [0.15, 0.2) is 59.2 Å². The summed E-state index contributed by atoms with van der Waals surface area (Å²) < 4.78 is 16.3. The molecule has 0 bridgehead atoms. The number of halogens is 2. The number of carbonyl (C=O) groups excluding carboxylic acids is 2. The van der Waals surface area contributed by atoms with Crippen molar-refractivity contribution >= 4 is 39.2 Å². The molecule has 0 atom stereocenters. The van der Waals surface area contributed by atoms with Gasteiger partial charge in [-0.3, -0.25) is 14.5 Å². The van der Waals surface area contributed by atoms with E-state index in [1.54, 1.807) is 46.1 Å². The van der Waals surface area contributed by atoms with E-state index in [1.165, 1.54) is 12.1 Å². The number of nitrogens with zero attached hydrogens (tertiary/aromatic N) is 3. The van der Waals surface area contributed by atoms with Gasteiger partial charge in [0.15, 0.2) is 0 Å². The summed E-state index contributed by atoms with van der Waals surface area (Å²) in [6.07, 6.45) is 2.09. The third-order valence-electron chi connectivity index (χ3n) is 4.55. The highest BCUT2D eigenvalue weighted by molar-refractivity contribution is 9.10. The van der Waals surface area contributed by atoms with Crippen LogP contribution < -0.4 is 10.2 Å². The molecule has 2 heterocycles. The monoisotopic (exact) mass is 442 g/mol. The predicted molar refractivity (Wildman–Crippen MR) is 107 cm³/mol. The van der Waals surface area contributed by atoms with Crippen LogP contribution in [0.1, 0.15) is 22.3 Å². The molecule has 2 aromatic carbocycles. The first kappa shape index (κ1) is 18.4. The van der Waals surface area contributed by atoms with Crippen molar-refractivity contribution in [1.82, 2.24) is 9.78 Å². The van der Waals surface area contributed by atoms with Crippen LogP contribution in [0.5, 0.6) is 0 Å². The van der Waals surface area contributed by atoms with E-state index in [-0.39, 0.29) is 11.6 Å². The Balaban J connectivity index is 1.47. The Morgan fingerprint density at radius 2 is 1.96 bits per heavy atom. The van der Waals surface area contributed by atoms with Crippen LogP contribution in [-0.2, 0) is 17.9 Å². The Bertz CT molecular complexity index is 1050. The maximum Gasteiger partial charge on any atom is 0.255 e. The quantitative estimate of drug-likeness (QED) is 0.664. The zero-order valence-electron chi connectivity index (χ0n) is 14.7. The number of carbonyl (C=O) groups is 2. The number of fused-ring (bicyclic) bond motifs is 1. The highest BCUT2D eigenvalue weighted by Gasteiger charge is 2.24. The van der Waals surface area contributed by atoms with E-state index < -0.39 is 11.7 Å². The number of anilines is 2. The summed E-state index contributed by atoms with van der Waals surface area (Å²) in [4.78, 5) is 26.3. The molecular weight excluding hydrogens is 427 g/mol. The summed E-state index contributed by atoms with van der Waals surface area (Å²) in [7, 11) is 0. The Morgan fingerprint density at radius 3 is 2.71 bits per heavy atom. The van der Waals surface area contributed by atoms with Gasteiger partial charge in [-0.05, 0) is 35.9 Å². The Morgan fingerprint density at radius 1 is 1.18 bits per heavy atom. The summed E-state index contributed by atoms with van der Waals surface area (Å²) >= 11 is 3.18. The minimum absolute atomic E-state index is 0.0422. The highest BCUT2D eigenvalue weighted by atomic mass is 79.9. The van der Waals surface area contributed by atoms with Crippen LogP contribution in [0.2, 0.25) is 0 Å². The molecule has 0 saturated carbocycles. The molecule has 6 nitrogen and oxygen atoms in total. The average molecular weight is 443 g/mol. The average Bonchev–Trinajstić information content (AvgIpc) is 3.16. The molecule has 0 saturated heterocycles. The van der Waals surface area contributed by atoms with E-state index in [2.05, 4.69) is 26.3 Å². The van der Waals surface area contributed by atoms with E-state index >= 15 is 0 Å². The summed E-state index contributed by atoms with van der Waals surface area (Å²) in [6, 6.07) is 13.1. The maximum absolute atomic E-state index is 13.9. The molecule has 1 aromatic heterocycles. The van der Waals surface area contributed by atoms with Crippen LogP contribution >= 0.6 is 15.9 Å². The van der Waals surface area contributed by atoms with Gasteiger partial charge < -0.3 is 5.32 Å². The molecule has 0 radical (unpaired) electrons. The minimum Gasteiger partial charge on any atom is -0.319 e. The van der Waals surface area contributed by atoms with E-state index in [4.69, 9.17) is 0 Å². The minimum atomic E-state index is -0.514. The second kappa shape index (κ2) is 7.55. The van der Waals surface area contributed by atoms with E-state index in [0.717, 1.165) is 11.4 Å². The molecule has 1 N–H and O–H groups in total. The molecule has 0 unspecified atom stereocenters. The van der Waals surface area contributed by atoms with Crippen molar-refractivity contribution in [2.75, 3.05) is 10.2 Å². The lowest BCUT2D eigenvalue weighted by molar-refractivity contribution is -0.119. The van der Waals surface area contributed by atoms with Gasteiger partial charge in [0.05, 0.1) is 25.0 Å². The molecule has 0 fully saturated rings. The van der Waals surface area contributed by atoms with Gasteiger partial charge in [-0.2, -0.15) is 5.10 Å². The van der Waals surface area contributed by atoms with Crippen molar-refractivity contribution in [3.05, 3.63) is 76.1 Å². The second-order valence-corrected chi connectivity index (χ2v) is 7.33. The largest absolute Gasteiger partial charge is 0.319 e. The molecule has 142 valence electrons. The van der Waals surface area contributed by atoms with Crippen LogP contribution in [0.3, 0.4) is 0 Å². The smallest absolute Gasteiger partial charge is 0.255 e. The standard InChI is InChI=1S/C20H16BrFN4O2/c21-15-5-6-17(16(22)11-15)24-20(28)14-3-1-13(2-4-14)12-25-18-7-9-23-26(18)10-8-19(25)27/h1-7,9,11H,8,10,12H2,(H,24,28). The number of aromatic nitrogens is 2. The van der Waals surface area contributed by atoms with Crippen molar-refractivity contribution in [2.24, 2.45) is 0 Å². The Labute approximate surface area is 169 Å². The third kappa shape index (κ3) is 3.68. The van der Waals surface area contributed by atoms with Crippen molar-refractivity contribution in [3.8, 4) is 0 Å². The fraction of sp³-hybridized carbons (Fsp3) is 0.150. The lowest BCUT2D eigenvalue weighted by Crippen LogP contribution is -2.36. The molecule has 8 heteroatoms. The topological polar surface area (TPSA) is 67.2 Å². The molecule has 1 aliphatic heterocycles. The van der Waals surface area contributed by atoms with Gasteiger partial charge in [0.1, 0.15) is 11.6 Å². The van der Waals surface area contributed by atoms with Gasteiger partial charge >= 0.3 is 0 Å². The van der Waals surface area contributed by atoms with Gasteiger partial charge in [0, 0.05) is 22.5 Å². The van der Waals surface area contributed by atoms with Crippen LogP contribution in [-0.4, -0.2) is 21.6 Å². The van der Waals surface area contributed by atoms with Gasteiger partial charge in [-0.1, -0.05) is 28.1 Å². The number of nitrogens with one attached hydrogen (secondary N) is 1. The zero-order chi connectivity index (χ0) is 19.7. The predicted octanol–water partition coefficient (Wildman–Crippen LogP) is 3.97. The first-order chi connectivity index (χ1) is 13.5. The van der Waals surface area contributed by atoms with Gasteiger partial charge in [0.25, 0.3) is 5.91 Å². The van der Waals surface area contributed by atoms with E-state index in [1.807, 2.05) is 6.07 Å². The Hall–Kier alpha value is -3.00. The number of rotatable bonds is 4. The fourth-order valence-electron chi connectivity index (χ4n) is 3.09. The van der Waals surface area contributed by atoms with Gasteiger partial charge in [-0.15, -0.1) is 0 Å². The number of amides is 2. The molecule has 0 spiro atoms. The SMILES string of the molecule is O=C(Nc1ccc(Br)cc1F)c1ccc(CN2C(=O)CCn3nccc32)cc1. The molecular formula is C20H16BrFN4O2. The van der Waals surface area contributed by atoms with Crippen molar-refractivity contribution in [3.63, 3.8) is 0 Å². The van der Waals surface area contributed by atoms with E-state index in [0.29, 0.717) is 29.5 Å². The van der Waals surface area contributed by atoms with Gasteiger partial charge in [-0.25, -0.2) is 9.07 Å². The van der Waals surface area contributed by atoms with Crippen LogP contribution in [0.25, 0.3) is 0 Å².